The van der Waals surface area contributed by atoms with Crippen molar-refractivity contribution < 1.29 is 48.0 Å². The summed E-state index contributed by atoms with van der Waals surface area (Å²) in [7, 11) is 2.64. The van der Waals surface area contributed by atoms with Crippen LogP contribution in [-0.4, -0.2) is 90.6 Å². The number of hydrogen-bond donors (Lipinski definition) is 2. The molecule has 0 saturated carbocycles. The molecule has 37 heavy (non-hydrogen) atoms. The Morgan fingerprint density at radius 1 is 0.973 bits per heavy atom. The monoisotopic (exact) mass is 534 g/mol. The van der Waals surface area contributed by atoms with Crippen molar-refractivity contribution in [2.24, 2.45) is 0 Å². The number of rotatable bonds is 8. The van der Waals surface area contributed by atoms with Gasteiger partial charge in [-0.25, -0.2) is 9.59 Å². The molecule has 0 aromatic carbocycles. The quantitative estimate of drug-likeness (QED) is 0.351. The second kappa shape index (κ2) is 15.0. The van der Waals surface area contributed by atoms with Crippen LogP contribution in [0.3, 0.4) is 0 Å². The Morgan fingerprint density at radius 2 is 1.49 bits per heavy atom. The molecule has 1 saturated heterocycles. The number of hydrogen-bond acceptors (Lipinski definition) is 10. The summed E-state index contributed by atoms with van der Waals surface area (Å²) in [4.78, 5) is 47.4. The van der Waals surface area contributed by atoms with Crippen molar-refractivity contribution in [1.29, 1.82) is 0 Å². The summed E-state index contributed by atoms with van der Waals surface area (Å²) in [6.45, 7) is 14.5. The summed E-state index contributed by atoms with van der Waals surface area (Å²) in [6, 6.07) is -0.692. The first kappa shape index (κ1) is 34.4. The molecule has 0 aromatic rings. The van der Waals surface area contributed by atoms with E-state index < -0.39 is 35.2 Å². The van der Waals surface area contributed by atoms with Gasteiger partial charge in [-0.15, -0.1) is 0 Å². The third kappa shape index (κ3) is 14.7. The van der Waals surface area contributed by atoms with Crippen molar-refractivity contribution >= 4 is 24.1 Å². The molecule has 0 aliphatic carbocycles. The zero-order valence-corrected chi connectivity index (χ0v) is 24.0. The van der Waals surface area contributed by atoms with E-state index in [-0.39, 0.29) is 37.4 Å². The maximum Gasteiger partial charge on any atom is 0.412 e. The normalized spacial score (nSPS) is 17.6. The van der Waals surface area contributed by atoms with Crippen molar-refractivity contribution in [1.82, 2.24) is 10.2 Å². The minimum atomic E-state index is -0.733. The molecule has 0 bridgehead atoms. The number of methoxy groups -OCH3 is 2. The van der Waals surface area contributed by atoms with E-state index in [0.29, 0.717) is 19.4 Å². The highest BCUT2D eigenvalue weighted by atomic mass is 16.6. The van der Waals surface area contributed by atoms with Gasteiger partial charge in [0.1, 0.15) is 16.9 Å². The van der Waals surface area contributed by atoms with Crippen molar-refractivity contribution in [3.05, 3.63) is 0 Å². The van der Waals surface area contributed by atoms with Gasteiger partial charge >= 0.3 is 24.1 Å². The van der Waals surface area contributed by atoms with E-state index in [1.54, 1.807) is 25.7 Å². The molecule has 0 unspecified atom stereocenters. The van der Waals surface area contributed by atoms with Crippen LogP contribution in [0.25, 0.3) is 0 Å². The Morgan fingerprint density at radius 3 is 1.95 bits per heavy atom. The van der Waals surface area contributed by atoms with E-state index in [0.717, 1.165) is 0 Å². The summed E-state index contributed by atoms with van der Waals surface area (Å²) in [5.74, 6) is -0.673. The Labute approximate surface area is 220 Å². The van der Waals surface area contributed by atoms with Crippen LogP contribution in [0.1, 0.15) is 81.1 Å². The first-order valence-electron chi connectivity index (χ1n) is 12.3. The van der Waals surface area contributed by atoms with Crippen LogP contribution in [-0.2, 0) is 33.3 Å². The largest absolute Gasteiger partial charge is 0.469 e. The molecule has 216 valence electrons. The average molecular weight is 535 g/mol. The first-order chi connectivity index (χ1) is 16.8. The lowest BCUT2D eigenvalue weighted by molar-refractivity contribution is -0.141. The number of nitrogens with one attached hydrogen (secondary N) is 1. The third-order valence-corrected chi connectivity index (χ3v) is 4.94. The molecular weight excluding hydrogens is 488 g/mol. The minimum Gasteiger partial charge on any atom is -0.469 e. The standard InChI is InChI=1S/C14H25NO5.C11H21NO5/c1-13(2,3)20-12(17)15-10(7-8-11(16)18-6)9-19-14(15,4)5;1-11(2,3)17-10(15)12-8(7-13)5-6-9(14)16-4/h10H,7-9H2,1-6H3;8,13H,5-7H2,1-4H3,(H,12,15)/t10-;8-/m00/s1. The summed E-state index contributed by atoms with van der Waals surface area (Å²) < 4.78 is 25.2. The van der Waals surface area contributed by atoms with Gasteiger partial charge in [-0.3, -0.25) is 14.5 Å². The third-order valence-electron chi connectivity index (χ3n) is 4.94. The molecule has 1 aliphatic rings. The van der Waals surface area contributed by atoms with Gasteiger partial charge in [-0.1, -0.05) is 0 Å². The van der Waals surface area contributed by atoms with Crippen LogP contribution in [0.2, 0.25) is 0 Å². The lowest BCUT2D eigenvalue weighted by Gasteiger charge is -2.35. The number of amides is 2. The molecule has 1 aliphatic heterocycles. The van der Waals surface area contributed by atoms with Crippen molar-refractivity contribution in [3.8, 4) is 0 Å². The summed E-state index contributed by atoms with van der Waals surface area (Å²) in [6.07, 6.45) is 0.158. The van der Waals surface area contributed by atoms with Crippen LogP contribution in [0.5, 0.6) is 0 Å². The second-order valence-corrected chi connectivity index (χ2v) is 11.0. The average Bonchev–Trinajstić information content (AvgIpc) is 3.06. The topological polar surface area (TPSA) is 150 Å². The van der Waals surface area contributed by atoms with Gasteiger partial charge in [0, 0.05) is 12.8 Å². The van der Waals surface area contributed by atoms with E-state index >= 15 is 0 Å². The number of carbonyl (C=O) groups is 4. The maximum absolute atomic E-state index is 12.3. The Balaban J connectivity index is 0.000000712. The number of esters is 2. The molecule has 12 heteroatoms. The SMILES string of the molecule is COC(=O)CC[C@@H](CO)NC(=O)OC(C)(C)C.COC(=O)CC[C@H]1COC(C)(C)N1C(=O)OC(C)(C)C. The van der Waals surface area contributed by atoms with Crippen LogP contribution >= 0.6 is 0 Å². The van der Waals surface area contributed by atoms with Gasteiger partial charge in [-0.2, -0.15) is 0 Å². The Hall–Kier alpha value is -2.60. The number of aliphatic hydroxyl groups is 1. The van der Waals surface area contributed by atoms with Gasteiger partial charge < -0.3 is 34.1 Å². The van der Waals surface area contributed by atoms with E-state index in [1.165, 1.54) is 14.2 Å². The molecule has 2 N–H and O–H groups in total. The number of nitrogens with zero attached hydrogens (tertiary/aromatic N) is 1. The summed E-state index contributed by atoms with van der Waals surface area (Å²) >= 11 is 0. The van der Waals surface area contributed by atoms with Gasteiger partial charge in [0.2, 0.25) is 0 Å². The summed E-state index contributed by atoms with van der Waals surface area (Å²) in [5, 5.41) is 11.5. The van der Waals surface area contributed by atoms with Crippen molar-refractivity contribution in [2.45, 2.75) is 110 Å². The van der Waals surface area contributed by atoms with E-state index in [2.05, 4.69) is 14.8 Å². The van der Waals surface area contributed by atoms with E-state index in [4.69, 9.17) is 19.3 Å². The highest BCUT2D eigenvalue weighted by Crippen LogP contribution is 2.31. The molecular formula is C25H46N2O10. The minimum absolute atomic E-state index is 0.136. The fourth-order valence-electron chi connectivity index (χ4n) is 3.24. The van der Waals surface area contributed by atoms with E-state index in [9.17, 15) is 19.2 Å². The van der Waals surface area contributed by atoms with Gasteiger partial charge in [0.05, 0.1) is 39.5 Å². The predicted molar refractivity (Wildman–Crippen MR) is 135 cm³/mol. The molecule has 0 spiro atoms. The van der Waals surface area contributed by atoms with Crippen molar-refractivity contribution in [3.63, 3.8) is 0 Å². The van der Waals surface area contributed by atoms with Gasteiger partial charge in [0.15, 0.2) is 0 Å². The van der Waals surface area contributed by atoms with Crippen LogP contribution < -0.4 is 5.32 Å². The van der Waals surface area contributed by atoms with E-state index in [1.807, 2.05) is 34.6 Å². The molecule has 1 rings (SSSR count). The molecule has 2 atom stereocenters. The van der Waals surface area contributed by atoms with Crippen LogP contribution in [0.15, 0.2) is 0 Å². The Kier molecular flexibility index (Phi) is 13.9. The Bertz CT molecular complexity index is 756. The molecule has 1 heterocycles. The number of aliphatic hydroxyl groups excluding tert-OH is 1. The molecule has 0 radical (unpaired) electrons. The lowest BCUT2D eigenvalue weighted by Crippen LogP contribution is -2.49. The van der Waals surface area contributed by atoms with Crippen LogP contribution in [0.4, 0.5) is 9.59 Å². The number of carbonyl (C=O) groups excluding carboxylic acids is 4. The second-order valence-electron chi connectivity index (χ2n) is 11.0. The number of alkyl carbamates (subject to hydrolysis) is 1. The highest BCUT2D eigenvalue weighted by molar-refractivity contribution is 5.71. The molecule has 0 aromatic heterocycles. The van der Waals surface area contributed by atoms with Gasteiger partial charge in [-0.05, 0) is 68.2 Å². The fourth-order valence-corrected chi connectivity index (χ4v) is 3.24. The first-order valence-corrected chi connectivity index (χ1v) is 12.3. The van der Waals surface area contributed by atoms with Gasteiger partial charge in [0.25, 0.3) is 0 Å². The predicted octanol–water partition coefficient (Wildman–Crippen LogP) is 3.14. The fraction of sp³-hybridized carbons (Fsp3) is 0.840. The summed E-state index contributed by atoms with van der Waals surface area (Å²) in [5.41, 5.74) is -1.89. The smallest absolute Gasteiger partial charge is 0.412 e. The zero-order chi connectivity index (χ0) is 29.0. The molecule has 12 nitrogen and oxygen atoms in total. The van der Waals surface area contributed by atoms with Crippen molar-refractivity contribution in [2.75, 3.05) is 27.4 Å². The lowest BCUT2D eigenvalue weighted by atomic mass is 10.1. The zero-order valence-electron chi connectivity index (χ0n) is 24.0. The molecule has 2 amide bonds. The highest BCUT2D eigenvalue weighted by Gasteiger charge is 2.45. The number of ether oxygens (including phenoxy) is 5. The maximum atomic E-state index is 12.3. The molecule has 1 fully saturated rings. The van der Waals surface area contributed by atoms with Crippen LogP contribution in [0, 0.1) is 0 Å².